The van der Waals surface area contributed by atoms with Crippen molar-refractivity contribution in [1.82, 2.24) is 0 Å². The molecule has 19 heavy (non-hydrogen) atoms. The first-order valence-corrected chi connectivity index (χ1v) is 7.52. The Hall–Kier alpha value is -1.30. The van der Waals surface area contributed by atoms with E-state index in [0.29, 0.717) is 6.42 Å². The number of nitriles is 1. The molecule has 3 nitrogen and oxygen atoms in total. The van der Waals surface area contributed by atoms with Crippen LogP contribution < -0.4 is 5.11 Å². The van der Waals surface area contributed by atoms with Gasteiger partial charge in [-0.25, -0.2) is 0 Å². The Labute approximate surface area is 117 Å². The molecule has 0 aromatic rings. The molecule has 0 aliphatic rings. The van der Waals surface area contributed by atoms with E-state index in [9.17, 15) is 9.90 Å². The van der Waals surface area contributed by atoms with Crippen molar-refractivity contribution in [3.8, 4) is 6.07 Å². The third-order valence-corrected chi connectivity index (χ3v) is 3.30. The van der Waals surface area contributed by atoms with Gasteiger partial charge in [-0.2, -0.15) is 5.26 Å². The van der Waals surface area contributed by atoms with Crippen molar-refractivity contribution in [2.24, 2.45) is 0 Å². The summed E-state index contributed by atoms with van der Waals surface area (Å²) in [5.41, 5.74) is 0.127. The topological polar surface area (TPSA) is 63.9 Å². The second-order valence-corrected chi connectivity index (χ2v) is 5.02. The predicted octanol–water partition coefficient (Wildman–Crippen LogP) is 3.50. The van der Waals surface area contributed by atoms with Gasteiger partial charge in [-0.1, -0.05) is 64.7 Å². The van der Waals surface area contributed by atoms with Crippen molar-refractivity contribution < 1.29 is 9.90 Å². The van der Waals surface area contributed by atoms with E-state index in [-0.39, 0.29) is 5.57 Å². The maximum absolute atomic E-state index is 10.7. The van der Waals surface area contributed by atoms with Gasteiger partial charge in [0.2, 0.25) is 0 Å². The highest BCUT2D eigenvalue weighted by atomic mass is 16.4. The van der Waals surface area contributed by atoms with E-state index in [2.05, 4.69) is 6.92 Å². The van der Waals surface area contributed by atoms with Crippen LogP contribution in [0.2, 0.25) is 0 Å². The van der Waals surface area contributed by atoms with Crippen LogP contribution in [0.25, 0.3) is 0 Å². The zero-order valence-corrected chi connectivity index (χ0v) is 12.1. The van der Waals surface area contributed by atoms with Gasteiger partial charge in [0, 0.05) is 6.08 Å². The molecular weight excluding hydrogens is 238 g/mol. The number of unbranched alkanes of at least 4 members (excludes halogenated alkanes) is 9. The fourth-order valence-electron chi connectivity index (χ4n) is 2.11. The first-order chi connectivity index (χ1) is 9.22. The molecule has 0 saturated heterocycles. The SMILES string of the molecule is CCCCCCCCCCCC/C(=C/C#N)C(=O)[O-]. The summed E-state index contributed by atoms with van der Waals surface area (Å²) in [6.45, 7) is 2.22. The Morgan fingerprint density at radius 2 is 1.47 bits per heavy atom. The monoisotopic (exact) mass is 264 g/mol. The maximum atomic E-state index is 10.7. The lowest BCUT2D eigenvalue weighted by Gasteiger charge is -2.06. The number of allylic oxidation sites excluding steroid dienone is 1. The fourth-order valence-corrected chi connectivity index (χ4v) is 2.11. The molecular formula is C16H26NO2-. The van der Waals surface area contributed by atoms with Crippen molar-refractivity contribution >= 4 is 5.97 Å². The van der Waals surface area contributed by atoms with E-state index >= 15 is 0 Å². The van der Waals surface area contributed by atoms with Crippen molar-refractivity contribution in [3.05, 3.63) is 11.6 Å². The van der Waals surface area contributed by atoms with Crippen molar-refractivity contribution in [1.29, 1.82) is 5.26 Å². The molecule has 0 aromatic carbocycles. The van der Waals surface area contributed by atoms with Gasteiger partial charge in [-0.05, 0) is 18.4 Å². The van der Waals surface area contributed by atoms with E-state index in [4.69, 9.17) is 5.26 Å². The zero-order valence-electron chi connectivity index (χ0n) is 12.1. The quantitative estimate of drug-likeness (QED) is 0.308. The molecule has 0 aliphatic heterocycles. The lowest BCUT2D eigenvalue weighted by Crippen LogP contribution is -2.24. The first-order valence-electron chi connectivity index (χ1n) is 7.52. The molecule has 0 fully saturated rings. The summed E-state index contributed by atoms with van der Waals surface area (Å²) in [5.74, 6) is -1.21. The Morgan fingerprint density at radius 1 is 1.00 bits per heavy atom. The largest absolute Gasteiger partial charge is 0.545 e. The van der Waals surface area contributed by atoms with Gasteiger partial charge in [-0.15, -0.1) is 0 Å². The Balaban J connectivity index is 3.38. The molecule has 0 bridgehead atoms. The molecule has 0 heterocycles. The fraction of sp³-hybridized carbons (Fsp3) is 0.750. The minimum Gasteiger partial charge on any atom is -0.545 e. The van der Waals surface area contributed by atoms with E-state index in [1.54, 1.807) is 6.07 Å². The van der Waals surface area contributed by atoms with Crippen molar-refractivity contribution in [2.75, 3.05) is 0 Å². The number of nitrogens with zero attached hydrogens (tertiary/aromatic N) is 1. The number of hydrogen-bond donors (Lipinski definition) is 0. The van der Waals surface area contributed by atoms with E-state index in [1.165, 1.54) is 44.9 Å². The number of carboxylic acid groups (broad SMARTS) is 1. The average Bonchev–Trinajstić information content (AvgIpc) is 2.39. The minimum atomic E-state index is -1.21. The molecule has 3 heteroatoms. The highest BCUT2D eigenvalue weighted by Crippen LogP contribution is 2.13. The summed E-state index contributed by atoms with van der Waals surface area (Å²) in [7, 11) is 0. The lowest BCUT2D eigenvalue weighted by molar-refractivity contribution is -0.299. The number of aliphatic carboxylic acids is 1. The second-order valence-electron chi connectivity index (χ2n) is 5.02. The average molecular weight is 264 g/mol. The summed E-state index contributed by atoms with van der Waals surface area (Å²) < 4.78 is 0. The van der Waals surface area contributed by atoms with Gasteiger partial charge in [0.15, 0.2) is 0 Å². The maximum Gasteiger partial charge on any atom is 0.0915 e. The van der Waals surface area contributed by atoms with Gasteiger partial charge in [-0.3, -0.25) is 0 Å². The second kappa shape index (κ2) is 13.1. The van der Waals surface area contributed by atoms with Gasteiger partial charge >= 0.3 is 0 Å². The van der Waals surface area contributed by atoms with Crippen LogP contribution in [0.4, 0.5) is 0 Å². The molecule has 0 aromatic heterocycles. The van der Waals surface area contributed by atoms with E-state index < -0.39 is 5.97 Å². The molecule has 0 spiro atoms. The Morgan fingerprint density at radius 3 is 1.89 bits per heavy atom. The van der Waals surface area contributed by atoms with Crippen LogP contribution >= 0.6 is 0 Å². The number of carboxylic acids is 1. The minimum absolute atomic E-state index is 0.127. The highest BCUT2D eigenvalue weighted by Gasteiger charge is 1.98. The van der Waals surface area contributed by atoms with Gasteiger partial charge in [0.1, 0.15) is 0 Å². The third kappa shape index (κ3) is 11.5. The lowest BCUT2D eigenvalue weighted by atomic mass is 10.0. The number of carbonyl (C=O) groups excluding carboxylic acids is 1. The summed E-state index contributed by atoms with van der Waals surface area (Å²) in [6.07, 6.45) is 13.7. The molecule has 0 saturated carbocycles. The number of rotatable bonds is 12. The van der Waals surface area contributed by atoms with E-state index in [1.807, 2.05) is 0 Å². The van der Waals surface area contributed by atoms with Gasteiger partial charge < -0.3 is 9.90 Å². The van der Waals surface area contributed by atoms with Gasteiger partial charge in [0.25, 0.3) is 0 Å². The van der Waals surface area contributed by atoms with Crippen LogP contribution in [-0.2, 0) is 4.79 Å². The van der Waals surface area contributed by atoms with E-state index in [0.717, 1.165) is 25.3 Å². The van der Waals surface area contributed by atoms with Crippen molar-refractivity contribution in [3.63, 3.8) is 0 Å². The normalized spacial score (nSPS) is 11.3. The first kappa shape index (κ1) is 17.7. The van der Waals surface area contributed by atoms with Crippen LogP contribution in [0, 0.1) is 11.3 Å². The summed E-state index contributed by atoms with van der Waals surface area (Å²) in [5, 5.41) is 19.1. The molecule has 0 unspecified atom stereocenters. The molecule has 0 rings (SSSR count). The van der Waals surface area contributed by atoms with Crippen LogP contribution in [-0.4, -0.2) is 5.97 Å². The Bertz CT molecular complexity index is 302. The standard InChI is InChI=1S/C16H27NO2/c1-2-3-4-5-6-7-8-9-10-11-12-15(13-14-17)16(18)19/h13H,2-12H2,1H3,(H,18,19)/p-1/b15-13-. The summed E-state index contributed by atoms with van der Waals surface area (Å²) in [6, 6.07) is 1.75. The number of carbonyl (C=O) groups is 1. The smallest absolute Gasteiger partial charge is 0.0915 e. The van der Waals surface area contributed by atoms with Crippen LogP contribution in [0.15, 0.2) is 11.6 Å². The van der Waals surface area contributed by atoms with Gasteiger partial charge in [0.05, 0.1) is 12.0 Å². The molecule has 0 atom stereocenters. The van der Waals surface area contributed by atoms with Crippen LogP contribution in [0.5, 0.6) is 0 Å². The molecule has 108 valence electrons. The van der Waals surface area contributed by atoms with Crippen LogP contribution in [0.3, 0.4) is 0 Å². The molecule has 0 amide bonds. The highest BCUT2D eigenvalue weighted by molar-refractivity contribution is 5.85. The predicted molar refractivity (Wildman–Crippen MR) is 75.2 cm³/mol. The zero-order chi connectivity index (χ0) is 14.3. The number of hydrogen-bond acceptors (Lipinski definition) is 3. The molecule has 0 radical (unpaired) electrons. The Kier molecular flexibility index (Phi) is 12.2. The molecule has 0 aliphatic carbocycles. The van der Waals surface area contributed by atoms with Crippen LogP contribution in [0.1, 0.15) is 77.6 Å². The summed E-state index contributed by atoms with van der Waals surface area (Å²) in [4.78, 5) is 10.7. The van der Waals surface area contributed by atoms with Crippen molar-refractivity contribution in [2.45, 2.75) is 77.6 Å². The molecule has 0 N–H and O–H groups in total. The third-order valence-electron chi connectivity index (χ3n) is 3.30. The summed E-state index contributed by atoms with van der Waals surface area (Å²) >= 11 is 0.